The molecule has 0 radical (unpaired) electrons. The Labute approximate surface area is 260 Å². The van der Waals surface area contributed by atoms with E-state index in [4.69, 9.17) is 9.47 Å². The number of rotatable bonds is 21. The molecule has 1 aliphatic rings. The van der Waals surface area contributed by atoms with E-state index in [1.807, 2.05) is 40.9 Å². The maximum absolute atomic E-state index is 12.6. The average Bonchev–Trinajstić information content (AvgIpc) is 3.40. The number of hydrogen-bond acceptors (Lipinski definition) is 5. The largest absolute Gasteiger partial charge is 0.493 e. The quantitative estimate of drug-likeness (QED) is 0.135. The van der Waals surface area contributed by atoms with E-state index in [2.05, 4.69) is 43.1 Å². The van der Waals surface area contributed by atoms with Crippen molar-refractivity contribution < 1.29 is 14.3 Å². The third-order valence-electron chi connectivity index (χ3n) is 7.92. The van der Waals surface area contributed by atoms with Gasteiger partial charge in [0, 0.05) is 31.9 Å². The third-order valence-corrected chi connectivity index (χ3v) is 8.94. The van der Waals surface area contributed by atoms with E-state index >= 15 is 0 Å². The van der Waals surface area contributed by atoms with Gasteiger partial charge < -0.3 is 19.3 Å². The highest BCUT2D eigenvalue weighted by molar-refractivity contribution is 8.03. The maximum Gasteiger partial charge on any atom is 0.223 e. The second-order valence-electron chi connectivity index (χ2n) is 11.6. The lowest BCUT2D eigenvalue weighted by molar-refractivity contribution is -0.116. The summed E-state index contributed by atoms with van der Waals surface area (Å²) in [7, 11) is 1.69. The lowest BCUT2D eigenvalue weighted by Gasteiger charge is -2.23. The van der Waals surface area contributed by atoms with Crippen LogP contribution >= 0.6 is 11.8 Å². The van der Waals surface area contributed by atoms with Crippen molar-refractivity contribution in [2.45, 2.75) is 111 Å². The molecule has 42 heavy (non-hydrogen) atoms. The fourth-order valence-corrected chi connectivity index (χ4v) is 6.24. The molecule has 0 fully saturated rings. The summed E-state index contributed by atoms with van der Waals surface area (Å²) in [6.45, 7) is 8.24. The molecule has 0 unspecified atom stereocenters. The molecule has 2 aromatic carbocycles. The number of allylic oxidation sites excluding steroid dienone is 1. The van der Waals surface area contributed by atoms with Gasteiger partial charge in [-0.05, 0) is 60.1 Å². The fourth-order valence-electron chi connectivity index (χ4n) is 5.49. The van der Waals surface area contributed by atoms with Crippen LogP contribution in [-0.2, 0) is 17.8 Å². The zero-order chi connectivity index (χ0) is 30.0. The van der Waals surface area contributed by atoms with Crippen LogP contribution in [-0.4, -0.2) is 36.9 Å². The molecule has 0 saturated heterocycles. The van der Waals surface area contributed by atoms with Crippen LogP contribution in [0.3, 0.4) is 0 Å². The van der Waals surface area contributed by atoms with Crippen molar-refractivity contribution in [1.82, 2.24) is 4.90 Å². The summed E-state index contributed by atoms with van der Waals surface area (Å²) in [5.41, 5.74) is 3.28. The highest BCUT2D eigenvalue weighted by Crippen LogP contribution is 2.30. The number of anilines is 1. The molecule has 1 aliphatic heterocycles. The normalized spacial score (nSPS) is 12.9. The van der Waals surface area contributed by atoms with Crippen molar-refractivity contribution in [3.05, 3.63) is 64.7 Å². The number of unbranched alkanes of at least 4 members (excludes halogenated alkanes) is 11. The first-order chi connectivity index (χ1) is 20.5. The summed E-state index contributed by atoms with van der Waals surface area (Å²) in [4.78, 5) is 18.1. The molecule has 2 aromatic rings. The molecule has 6 heteroatoms. The molecule has 232 valence electrons. The van der Waals surface area contributed by atoms with Gasteiger partial charge in [-0.3, -0.25) is 4.79 Å². The molecule has 0 aromatic heterocycles. The van der Waals surface area contributed by atoms with Gasteiger partial charge in [0.25, 0.3) is 0 Å². The summed E-state index contributed by atoms with van der Waals surface area (Å²) in [6, 6.07) is 14.5. The van der Waals surface area contributed by atoms with E-state index in [9.17, 15) is 4.79 Å². The Balaban J connectivity index is 1.39. The molecule has 3 rings (SSSR count). The van der Waals surface area contributed by atoms with E-state index < -0.39 is 0 Å². The summed E-state index contributed by atoms with van der Waals surface area (Å²) in [5.74, 6) is 2.58. The van der Waals surface area contributed by atoms with Gasteiger partial charge in [0.05, 0.1) is 19.6 Å². The molecule has 0 aliphatic carbocycles. The van der Waals surface area contributed by atoms with Crippen LogP contribution in [0.1, 0.15) is 109 Å². The fraction of sp³-hybridized carbons (Fsp3) is 0.583. The summed E-state index contributed by atoms with van der Waals surface area (Å²) >= 11 is 1.86. The lowest BCUT2D eigenvalue weighted by Crippen LogP contribution is -2.30. The van der Waals surface area contributed by atoms with Crippen molar-refractivity contribution in [2.24, 2.45) is 0 Å². The standard InChI is InChI=1S/C36H54N2O3S/c1-5-6-7-8-9-10-11-12-13-14-15-16-24-41-35-21-20-32(26-36(35)40-4)22-23-38(31(3)39)34-19-17-18-33(25-34)28-37-27-30(2)42-29-37/h17-21,25-27H,5-16,22-24,28-29H2,1-4H3. The molecule has 0 spiro atoms. The van der Waals surface area contributed by atoms with E-state index in [-0.39, 0.29) is 5.91 Å². The molecule has 0 atom stereocenters. The number of amides is 1. The van der Waals surface area contributed by atoms with E-state index in [0.717, 1.165) is 48.0 Å². The van der Waals surface area contributed by atoms with Crippen molar-refractivity contribution >= 4 is 23.4 Å². The number of nitrogens with zero attached hydrogens (tertiary/aromatic N) is 2. The molecule has 1 heterocycles. The Kier molecular flexibility index (Phi) is 15.8. The van der Waals surface area contributed by atoms with Crippen LogP contribution in [0.5, 0.6) is 11.5 Å². The van der Waals surface area contributed by atoms with Crippen LogP contribution in [0.15, 0.2) is 53.6 Å². The van der Waals surface area contributed by atoms with E-state index in [0.29, 0.717) is 13.2 Å². The van der Waals surface area contributed by atoms with Crippen molar-refractivity contribution in [3.63, 3.8) is 0 Å². The molecule has 1 amide bonds. The van der Waals surface area contributed by atoms with Crippen molar-refractivity contribution in [2.75, 3.05) is 31.0 Å². The van der Waals surface area contributed by atoms with E-state index in [1.165, 1.54) is 81.1 Å². The van der Waals surface area contributed by atoms with E-state index in [1.54, 1.807) is 14.0 Å². The lowest BCUT2D eigenvalue weighted by atomic mass is 10.1. The Morgan fingerprint density at radius 2 is 1.57 bits per heavy atom. The number of methoxy groups -OCH3 is 1. The monoisotopic (exact) mass is 594 g/mol. The zero-order valence-corrected chi connectivity index (χ0v) is 27.5. The Morgan fingerprint density at radius 3 is 2.19 bits per heavy atom. The van der Waals surface area contributed by atoms with Gasteiger partial charge in [-0.1, -0.05) is 95.8 Å². The summed E-state index contributed by atoms with van der Waals surface area (Å²) < 4.78 is 11.7. The van der Waals surface area contributed by atoms with Gasteiger partial charge in [0.1, 0.15) is 0 Å². The Morgan fingerprint density at radius 1 is 0.881 bits per heavy atom. The highest BCUT2D eigenvalue weighted by atomic mass is 32.2. The topological polar surface area (TPSA) is 42.0 Å². The van der Waals surface area contributed by atoms with Crippen molar-refractivity contribution in [1.29, 1.82) is 0 Å². The average molecular weight is 595 g/mol. The SMILES string of the molecule is CCCCCCCCCCCCCCOc1ccc(CCN(C(C)=O)c2cccc(CN3C=C(C)SC3)c2)cc1OC. The van der Waals surface area contributed by atoms with Gasteiger partial charge in [-0.25, -0.2) is 0 Å². The molecule has 0 saturated carbocycles. The number of carbonyl (C=O) groups excluding carboxylic acids is 1. The first-order valence-corrected chi connectivity index (χ1v) is 17.2. The predicted octanol–water partition coefficient (Wildman–Crippen LogP) is 9.74. The summed E-state index contributed by atoms with van der Waals surface area (Å²) in [5, 5.41) is 0. The number of carbonyl (C=O) groups is 1. The third kappa shape index (κ3) is 12.3. The number of thioether (sulfide) groups is 1. The molecular weight excluding hydrogens is 540 g/mol. The van der Waals surface area contributed by atoms with Crippen LogP contribution in [0, 0.1) is 0 Å². The molecule has 0 bridgehead atoms. The minimum Gasteiger partial charge on any atom is -0.493 e. The molecular formula is C36H54N2O3S. The Bertz CT molecular complexity index is 1100. The van der Waals surface area contributed by atoms with Crippen LogP contribution < -0.4 is 14.4 Å². The van der Waals surface area contributed by atoms with Gasteiger partial charge in [0.2, 0.25) is 5.91 Å². The second-order valence-corrected chi connectivity index (χ2v) is 12.8. The highest BCUT2D eigenvalue weighted by Gasteiger charge is 2.15. The molecule has 5 nitrogen and oxygen atoms in total. The number of benzene rings is 2. The number of hydrogen-bond donors (Lipinski definition) is 0. The van der Waals surface area contributed by atoms with Crippen molar-refractivity contribution in [3.8, 4) is 11.5 Å². The zero-order valence-electron chi connectivity index (χ0n) is 26.7. The number of ether oxygens (including phenoxy) is 2. The Hall–Kier alpha value is -2.60. The van der Waals surface area contributed by atoms with Gasteiger partial charge >= 0.3 is 0 Å². The second kappa shape index (κ2) is 19.6. The minimum absolute atomic E-state index is 0.0499. The summed E-state index contributed by atoms with van der Waals surface area (Å²) in [6.07, 6.45) is 19.0. The van der Waals surface area contributed by atoms with Crippen LogP contribution in [0.25, 0.3) is 0 Å². The first-order valence-electron chi connectivity index (χ1n) is 16.2. The van der Waals surface area contributed by atoms with Crippen LogP contribution in [0.2, 0.25) is 0 Å². The van der Waals surface area contributed by atoms with Gasteiger partial charge in [-0.2, -0.15) is 0 Å². The predicted molar refractivity (Wildman–Crippen MR) is 179 cm³/mol. The van der Waals surface area contributed by atoms with Crippen LogP contribution in [0.4, 0.5) is 5.69 Å². The first kappa shape index (κ1) is 33.9. The van der Waals surface area contributed by atoms with Gasteiger partial charge in [0.15, 0.2) is 11.5 Å². The van der Waals surface area contributed by atoms with Gasteiger partial charge in [-0.15, -0.1) is 11.8 Å². The smallest absolute Gasteiger partial charge is 0.223 e. The minimum atomic E-state index is 0.0499. The molecule has 0 N–H and O–H groups in total. The maximum atomic E-state index is 12.6.